The zero-order valence-corrected chi connectivity index (χ0v) is 16.6. The third-order valence-corrected chi connectivity index (χ3v) is 9.01. The van der Waals surface area contributed by atoms with Crippen LogP contribution in [0, 0.1) is 0 Å². The Kier molecular flexibility index (Phi) is 4.70. The van der Waals surface area contributed by atoms with Crippen LogP contribution in [0.4, 0.5) is 0 Å². The van der Waals surface area contributed by atoms with E-state index in [2.05, 4.69) is 104 Å². The first-order valence-electron chi connectivity index (χ1n) is 8.77. The lowest BCUT2D eigenvalue weighted by atomic mass is 10.1. The fourth-order valence-corrected chi connectivity index (χ4v) is 7.64. The maximum atomic E-state index is 2.59. The molecule has 0 saturated carbocycles. The standard InChI is InChI=1S/C23H22PSi/c1-25(2)23-17-22(20-15-9-10-16-21(20)23)24(18-11-5-3-6-12-18)19-13-7-4-8-14-19/h3-17,23H,1-2H3. The van der Waals surface area contributed by atoms with E-state index in [1.165, 1.54) is 21.7 Å². The highest BCUT2D eigenvalue weighted by Gasteiger charge is 2.31. The summed E-state index contributed by atoms with van der Waals surface area (Å²) in [6, 6.07) is 31.1. The second-order valence-electron chi connectivity index (χ2n) is 6.70. The average Bonchev–Trinajstić information content (AvgIpc) is 3.04. The molecule has 0 saturated heterocycles. The molecular weight excluding hydrogens is 335 g/mol. The van der Waals surface area contributed by atoms with Crippen LogP contribution >= 0.6 is 7.92 Å². The number of hydrogen-bond acceptors (Lipinski definition) is 0. The van der Waals surface area contributed by atoms with Crippen molar-refractivity contribution in [3.63, 3.8) is 0 Å². The van der Waals surface area contributed by atoms with Gasteiger partial charge < -0.3 is 0 Å². The Labute approximate surface area is 153 Å². The van der Waals surface area contributed by atoms with Crippen molar-refractivity contribution in [2.45, 2.75) is 18.6 Å². The molecular formula is C23H22PSi. The van der Waals surface area contributed by atoms with E-state index in [9.17, 15) is 0 Å². The van der Waals surface area contributed by atoms with Gasteiger partial charge in [0.05, 0.1) is 8.80 Å². The molecule has 0 spiro atoms. The van der Waals surface area contributed by atoms with E-state index >= 15 is 0 Å². The van der Waals surface area contributed by atoms with Gasteiger partial charge in [0.25, 0.3) is 0 Å². The summed E-state index contributed by atoms with van der Waals surface area (Å²) in [5.74, 6) is 0. The van der Waals surface area contributed by atoms with Crippen molar-refractivity contribution in [1.82, 2.24) is 0 Å². The molecule has 0 aromatic heterocycles. The fourth-order valence-electron chi connectivity index (χ4n) is 3.59. The first-order chi connectivity index (χ1) is 12.3. The van der Waals surface area contributed by atoms with E-state index < -0.39 is 16.7 Å². The van der Waals surface area contributed by atoms with E-state index in [4.69, 9.17) is 0 Å². The highest BCUT2D eigenvalue weighted by atomic mass is 31.1. The summed E-state index contributed by atoms with van der Waals surface area (Å²) in [7, 11) is -0.931. The maximum absolute atomic E-state index is 2.59. The molecule has 0 fully saturated rings. The molecule has 1 radical (unpaired) electrons. The lowest BCUT2D eigenvalue weighted by molar-refractivity contribution is 1.20. The van der Waals surface area contributed by atoms with Gasteiger partial charge >= 0.3 is 0 Å². The van der Waals surface area contributed by atoms with Crippen molar-refractivity contribution in [2.75, 3.05) is 0 Å². The first-order valence-corrected chi connectivity index (χ1v) is 12.7. The van der Waals surface area contributed by atoms with Crippen molar-refractivity contribution in [3.05, 3.63) is 102 Å². The lowest BCUT2D eigenvalue weighted by Crippen LogP contribution is -2.12. The summed E-state index contributed by atoms with van der Waals surface area (Å²) in [6.45, 7) is 4.86. The molecule has 0 bridgehead atoms. The van der Waals surface area contributed by atoms with E-state index in [-0.39, 0.29) is 0 Å². The number of benzene rings is 3. The second-order valence-corrected chi connectivity index (χ2v) is 11.7. The Morgan fingerprint density at radius 2 is 1.20 bits per heavy atom. The highest BCUT2D eigenvalue weighted by Crippen LogP contribution is 2.54. The Morgan fingerprint density at radius 3 is 1.76 bits per heavy atom. The van der Waals surface area contributed by atoms with Crippen LogP contribution in [0.15, 0.2) is 91.0 Å². The van der Waals surface area contributed by atoms with Crippen LogP contribution in [0.1, 0.15) is 16.7 Å². The number of hydrogen-bond donors (Lipinski definition) is 0. The molecule has 0 nitrogen and oxygen atoms in total. The monoisotopic (exact) mass is 357 g/mol. The van der Waals surface area contributed by atoms with Gasteiger partial charge in [0.15, 0.2) is 0 Å². The van der Waals surface area contributed by atoms with Crippen LogP contribution in [0.2, 0.25) is 13.1 Å². The zero-order valence-electron chi connectivity index (χ0n) is 14.7. The number of rotatable bonds is 4. The van der Waals surface area contributed by atoms with Crippen molar-refractivity contribution in [2.24, 2.45) is 0 Å². The van der Waals surface area contributed by atoms with Crippen LogP contribution in [0.5, 0.6) is 0 Å². The molecule has 0 amide bonds. The van der Waals surface area contributed by atoms with Gasteiger partial charge in [-0.2, -0.15) is 0 Å². The third-order valence-electron chi connectivity index (χ3n) is 4.79. The average molecular weight is 357 g/mol. The van der Waals surface area contributed by atoms with Gasteiger partial charge in [-0.25, -0.2) is 0 Å². The minimum absolute atomic E-state index is 0.419. The molecule has 123 valence electrons. The van der Waals surface area contributed by atoms with Crippen molar-refractivity contribution >= 4 is 32.6 Å². The number of allylic oxidation sites excluding steroid dienone is 1. The van der Waals surface area contributed by atoms with Crippen LogP contribution < -0.4 is 10.6 Å². The fraction of sp³-hybridized carbons (Fsp3) is 0.130. The quantitative estimate of drug-likeness (QED) is 0.424. The zero-order chi connectivity index (χ0) is 17.2. The third kappa shape index (κ3) is 3.15. The van der Waals surface area contributed by atoms with E-state index in [1.807, 2.05) is 0 Å². The lowest BCUT2D eigenvalue weighted by Gasteiger charge is -2.21. The van der Waals surface area contributed by atoms with Crippen LogP contribution in [0.25, 0.3) is 5.31 Å². The summed E-state index contributed by atoms with van der Waals surface area (Å²) in [5, 5.41) is 4.41. The molecule has 0 N–H and O–H groups in total. The van der Waals surface area contributed by atoms with Gasteiger partial charge in [-0.05, 0) is 40.5 Å². The molecule has 1 atom stereocenters. The summed E-state index contributed by atoms with van der Waals surface area (Å²) < 4.78 is 0. The van der Waals surface area contributed by atoms with Gasteiger partial charge in [0, 0.05) is 0 Å². The molecule has 0 heterocycles. The Bertz CT molecular complexity index is 845. The van der Waals surface area contributed by atoms with E-state index in [1.54, 1.807) is 5.31 Å². The summed E-state index contributed by atoms with van der Waals surface area (Å²) >= 11 is 0. The summed E-state index contributed by atoms with van der Waals surface area (Å²) in [6.07, 6.45) is 2.59. The smallest absolute Gasteiger partial charge is 0.0548 e. The van der Waals surface area contributed by atoms with Crippen molar-refractivity contribution in [1.29, 1.82) is 0 Å². The molecule has 3 aromatic carbocycles. The second kappa shape index (κ2) is 7.12. The van der Waals surface area contributed by atoms with Crippen LogP contribution in [-0.4, -0.2) is 8.80 Å². The molecule has 25 heavy (non-hydrogen) atoms. The molecule has 2 heteroatoms. The van der Waals surface area contributed by atoms with Gasteiger partial charge in [0.1, 0.15) is 0 Å². The Hall–Kier alpha value is -1.95. The highest BCUT2D eigenvalue weighted by molar-refractivity contribution is 7.82. The predicted octanol–water partition coefficient (Wildman–Crippen LogP) is 5.55. The normalized spacial score (nSPS) is 16.2. The minimum Gasteiger partial charge on any atom is -0.0710 e. The van der Waals surface area contributed by atoms with Crippen LogP contribution in [0.3, 0.4) is 0 Å². The predicted molar refractivity (Wildman–Crippen MR) is 114 cm³/mol. The topological polar surface area (TPSA) is 0 Å². The minimum atomic E-state index is -0.513. The molecule has 4 rings (SSSR count). The molecule has 1 aliphatic carbocycles. The van der Waals surface area contributed by atoms with Crippen LogP contribution in [-0.2, 0) is 0 Å². The van der Waals surface area contributed by atoms with E-state index in [0.717, 1.165) is 0 Å². The summed E-state index contributed by atoms with van der Waals surface area (Å²) in [4.78, 5) is 0. The summed E-state index contributed by atoms with van der Waals surface area (Å²) in [5.41, 5.74) is 3.63. The molecule has 3 aromatic rings. The SMILES string of the molecule is C[Si](C)C1C=C(P(c2ccccc2)c2ccccc2)c2ccccc21. The van der Waals surface area contributed by atoms with Gasteiger partial charge in [-0.1, -0.05) is 104 Å². The maximum Gasteiger partial charge on any atom is 0.0548 e. The first kappa shape index (κ1) is 16.5. The molecule has 0 aliphatic heterocycles. The van der Waals surface area contributed by atoms with Gasteiger partial charge in [-0.15, -0.1) is 0 Å². The van der Waals surface area contributed by atoms with Crippen molar-refractivity contribution in [3.8, 4) is 0 Å². The Balaban J connectivity index is 1.90. The van der Waals surface area contributed by atoms with Gasteiger partial charge in [-0.3, -0.25) is 0 Å². The molecule has 1 aliphatic rings. The molecule has 1 unspecified atom stereocenters. The largest absolute Gasteiger partial charge is 0.0710 e. The Morgan fingerprint density at radius 1 is 0.680 bits per heavy atom. The van der Waals surface area contributed by atoms with Crippen molar-refractivity contribution < 1.29 is 0 Å². The van der Waals surface area contributed by atoms with Gasteiger partial charge in [0.2, 0.25) is 0 Å². The number of fused-ring (bicyclic) bond motifs is 1. The van der Waals surface area contributed by atoms with E-state index in [0.29, 0.717) is 5.54 Å².